The summed E-state index contributed by atoms with van der Waals surface area (Å²) in [6, 6.07) is 14.5. The minimum atomic E-state index is -0.263. The molecule has 2 aliphatic rings. The van der Waals surface area contributed by atoms with Gasteiger partial charge in [-0.3, -0.25) is 9.59 Å². The Kier molecular flexibility index (Phi) is 6.28. The van der Waals surface area contributed by atoms with Gasteiger partial charge in [0.15, 0.2) is 5.78 Å². The first-order chi connectivity index (χ1) is 15.9. The van der Waals surface area contributed by atoms with E-state index >= 15 is 0 Å². The molecule has 2 unspecified atom stereocenters. The Morgan fingerprint density at radius 2 is 1.74 bits per heavy atom. The van der Waals surface area contributed by atoms with Gasteiger partial charge in [-0.15, -0.1) is 0 Å². The van der Waals surface area contributed by atoms with E-state index in [0.29, 0.717) is 29.4 Å². The van der Waals surface area contributed by atoms with Crippen molar-refractivity contribution in [3.63, 3.8) is 0 Å². The number of urea groups is 1. The van der Waals surface area contributed by atoms with Crippen LogP contribution in [-0.4, -0.2) is 47.2 Å². The summed E-state index contributed by atoms with van der Waals surface area (Å²) in [7, 11) is 1.72. The number of carbonyl (C=O) groups excluding carboxylic acids is 3. The monoisotopic (exact) mass is 461 g/mol. The van der Waals surface area contributed by atoms with E-state index in [0.717, 1.165) is 31.4 Å². The van der Waals surface area contributed by atoms with Gasteiger partial charge in [-0.2, -0.15) is 0 Å². The molecule has 0 spiro atoms. The van der Waals surface area contributed by atoms with Gasteiger partial charge in [-0.1, -0.05) is 45.0 Å². The first-order valence-electron chi connectivity index (χ1n) is 12.0. The number of rotatable bonds is 5. The molecule has 2 aromatic carbocycles. The summed E-state index contributed by atoms with van der Waals surface area (Å²) in [5, 5.41) is 2.83. The van der Waals surface area contributed by atoms with Crippen molar-refractivity contribution in [1.82, 2.24) is 9.80 Å². The largest absolute Gasteiger partial charge is 0.335 e. The summed E-state index contributed by atoms with van der Waals surface area (Å²) in [5.41, 5.74) is 3.26. The molecule has 1 saturated heterocycles. The Morgan fingerprint density at radius 1 is 1.03 bits per heavy atom. The third-order valence-corrected chi connectivity index (χ3v) is 7.16. The van der Waals surface area contributed by atoms with Gasteiger partial charge in [-0.05, 0) is 66.8 Å². The highest BCUT2D eigenvalue weighted by atomic mass is 16.2. The Hall–Kier alpha value is -3.15. The van der Waals surface area contributed by atoms with Crippen molar-refractivity contribution in [2.75, 3.05) is 18.9 Å². The number of nitrogens with zero attached hydrogens (tertiary/aromatic N) is 2. The number of amides is 3. The lowest BCUT2D eigenvalue weighted by Crippen LogP contribution is -2.37. The van der Waals surface area contributed by atoms with Crippen LogP contribution >= 0.6 is 0 Å². The van der Waals surface area contributed by atoms with Gasteiger partial charge in [0.05, 0.1) is 0 Å². The highest BCUT2D eigenvalue weighted by Crippen LogP contribution is 2.52. The Bertz CT molecular complexity index is 1110. The number of anilines is 1. The average molecular weight is 462 g/mol. The molecule has 2 fully saturated rings. The molecule has 2 atom stereocenters. The quantitative estimate of drug-likeness (QED) is 0.590. The standard InChI is InChI=1S/C28H35N3O3/c1-19(32)22-7-6-8-23(13-22)29-26(34)30(5)16-20-9-11-21(12-10-20)25(33)31-18-28(4)15-24(31)14-27(2,3)17-28/h6-13,24H,14-18H2,1-5H3,(H,29,34). The number of carbonyl (C=O) groups is 3. The predicted octanol–water partition coefficient (Wildman–Crippen LogP) is 5.59. The van der Waals surface area contributed by atoms with Gasteiger partial charge in [0.25, 0.3) is 5.91 Å². The molecule has 180 valence electrons. The van der Waals surface area contributed by atoms with E-state index in [2.05, 4.69) is 31.0 Å². The maximum absolute atomic E-state index is 13.3. The number of nitrogens with one attached hydrogen (secondary N) is 1. The van der Waals surface area contributed by atoms with E-state index in [1.54, 1.807) is 36.2 Å². The van der Waals surface area contributed by atoms with Crippen LogP contribution in [0, 0.1) is 10.8 Å². The molecule has 2 bridgehead atoms. The number of ketones is 1. The zero-order chi connectivity index (χ0) is 24.7. The molecule has 1 aliphatic heterocycles. The molecule has 1 saturated carbocycles. The second-order valence-electron chi connectivity index (χ2n) is 11.3. The lowest BCUT2D eigenvalue weighted by molar-refractivity contribution is 0.0708. The second kappa shape index (κ2) is 8.90. The molecule has 6 nitrogen and oxygen atoms in total. The SMILES string of the molecule is CC(=O)c1cccc(NC(=O)N(C)Cc2ccc(C(=O)N3CC4(C)CC3CC(C)(C)C4)cc2)c1. The maximum Gasteiger partial charge on any atom is 0.321 e. The summed E-state index contributed by atoms with van der Waals surface area (Å²) in [6.07, 6.45) is 3.31. The summed E-state index contributed by atoms with van der Waals surface area (Å²) in [4.78, 5) is 41.1. The molecule has 4 rings (SSSR count). The summed E-state index contributed by atoms with van der Waals surface area (Å²) in [5.74, 6) is 0.0590. The molecular weight excluding hydrogens is 426 g/mol. The number of Topliss-reactive ketones (excluding diaryl/α,β-unsaturated/α-hetero) is 1. The zero-order valence-electron chi connectivity index (χ0n) is 20.9. The fraction of sp³-hybridized carbons (Fsp3) is 0.464. The number of hydrogen-bond acceptors (Lipinski definition) is 3. The Labute approximate surface area is 202 Å². The Balaban J connectivity index is 1.37. The first kappa shape index (κ1) is 24.0. The highest BCUT2D eigenvalue weighted by Gasteiger charge is 2.51. The molecule has 6 heteroatoms. The number of hydrogen-bond donors (Lipinski definition) is 1. The van der Waals surface area contributed by atoms with Crippen LogP contribution in [0.15, 0.2) is 48.5 Å². The summed E-state index contributed by atoms with van der Waals surface area (Å²) >= 11 is 0. The molecule has 34 heavy (non-hydrogen) atoms. The van der Waals surface area contributed by atoms with Crippen LogP contribution in [0.1, 0.15) is 73.2 Å². The minimum Gasteiger partial charge on any atom is -0.335 e. The molecule has 1 aliphatic carbocycles. The normalized spacial score (nSPS) is 22.9. The van der Waals surface area contributed by atoms with Crippen LogP contribution < -0.4 is 5.32 Å². The van der Waals surface area contributed by atoms with Crippen LogP contribution in [-0.2, 0) is 6.54 Å². The Morgan fingerprint density at radius 3 is 2.41 bits per heavy atom. The molecule has 0 aromatic heterocycles. The first-order valence-corrected chi connectivity index (χ1v) is 12.0. The third kappa shape index (κ3) is 5.16. The molecule has 3 amide bonds. The maximum atomic E-state index is 13.3. The third-order valence-electron chi connectivity index (χ3n) is 7.16. The topological polar surface area (TPSA) is 69.7 Å². The van der Waals surface area contributed by atoms with Crippen molar-refractivity contribution >= 4 is 23.4 Å². The van der Waals surface area contributed by atoms with E-state index in [4.69, 9.17) is 0 Å². The summed E-state index contributed by atoms with van der Waals surface area (Å²) in [6.45, 7) is 9.67. The van der Waals surface area contributed by atoms with Crippen molar-refractivity contribution in [2.24, 2.45) is 10.8 Å². The molecular formula is C28H35N3O3. The molecule has 0 radical (unpaired) electrons. The predicted molar refractivity (Wildman–Crippen MR) is 134 cm³/mol. The van der Waals surface area contributed by atoms with Gasteiger partial charge >= 0.3 is 6.03 Å². The van der Waals surface area contributed by atoms with E-state index in [9.17, 15) is 14.4 Å². The van der Waals surface area contributed by atoms with E-state index < -0.39 is 0 Å². The van der Waals surface area contributed by atoms with Crippen molar-refractivity contribution < 1.29 is 14.4 Å². The highest BCUT2D eigenvalue weighted by molar-refractivity contribution is 5.97. The smallest absolute Gasteiger partial charge is 0.321 e. The van der Waals surface area contributed by atoms with Gasteiger partial charge in [0.1, 0.15) is 0 Å². The van der Waals surface area contributed by atoms with Crippen LogP contribution in [0.5, 0.6) is 0 Å². The molecule has 2 aromatic rings. The number of benzene rings is 2. The van der Waals surface area contributed by atoms with Gasteiger partial charge in [-0.25, -0.2) is 4.79 Å². The fourth-order valence-corrected chi connectivity index (χ4v) is 6.00. The molecule has 1 heterocycles. The number of likely N-dealkylation sites (tertiary alicyclic amines) is 1. The van der Waals surface area contributed by atoms with Crippen molar-refractivity contribution in [3.05, 3.63) is 65.2 Å². The van der Waals surface area contributed by atoms with E-state index in [1.165, 1.54) is 6.92 Å². The van der Waals surface area contributed by atoms with Gasteiger partial charge < -0.3 is 15.1 Å². The number of fused-ring (bicyclic) bond motifs is 2. The lowest BCUT2D eigenvalue weighted by atomic mass is 9.65. The van der Waals surface area contributed by atoms with Crippen LogP contribution in [0.2, 0.25) is 0 Å². The van der Waals surface area contributed by atoms with E-state index in [1.807, 2.05) is 24.3 Å². The van der Waals surface area contributed by atoms with Crippen LogP contribution in [0.4, 0.5) is 10.5 Å². The van der Waals surface area contributed by atoms with Crippen molar-refractivity contribution in [1.29, 1.82) is 0 Å². The zero-order valence-corrected chi connectivity index (χ0v) is 20.9. The van der Waals surface area contributed by atoms with Crippen LogP contribution in [0.3, 0.4) is 0 Å². The van der Waals surface area contributed by atoms with Gasteiger partial charge in [0, 0.05) is 43.0 Å². The van der Waals surface area contributed by atoms with Crippen molar-refractivity contribution in [2.45, 2.75) is 59.5 Å². The summed E-state index contributed by atoms with van der Waals surface area (Å²) < 4.78 is 0. The average Bonchev–Trinajstić information content (AvgIpc) is 3.02. The lowest BCUT2D eigenvalue weighted by Gasteiger charge is -2.39. The van der Waals surface area contributed by atoms with Crippen molar-refractivity contribution in [3.8, 4) is 0 Å². The minimum absolute atomic E-state index is 0.0470. The van der Waals surface area contributed by atoms with Gasteiger partial charge in [0.2, 0.25) is 0 Å². The van der Waals surface area contributed by atoms with Crippen LogP contribution in [0.25, 0.3) is 0 Å². The second-order valence-corrected chi connectivity index (χ2v) is 11.3. The fourth-order valence-electron chi connectivity index (χ4n) is 6.00. The van der Waals surface area contributed by atoms with E-state index in [-0.39, 0.29) is 28.6 Å². The molecule has 1 N–H and O–H groups in total.